The van der Waals surface area contributed by atoms with Crippen molar-refractivity contribution >= 4 is 37.2 Å². The molecule has 0 saturated heterocycles. The third-order valence-corrected chi connectivity index (χ3v) is 7.09. The van der Waals surface area contributed by atoms with Gasteiger partial charge in [-0.2, -0.15) is 0 Å². The van der Waals surface area contributed by atoms with Gasteiger partial charge >= 0.3 is 5.97 Å². The number of halogens is 1. The molecule has 152 valence electrons. The van der Waals surface area contributed by atoms with Crippen molar-refractivity contribution in [3.8, 4) is 11.1 Å². The predicted octanol–water partition coefficient (Wildman–Crippen LogP) is 5.40. The molecular formula is C23H17FO4S2. The largest absolute Gasteiger partial charge is 0.478 e. The van der Waals surface area contributed by atoms with E-state index in [2.05, 4.69) is 0 Å². The molecule has 4 rings (SSSR count). The Morgan fingerprint density at radius 1 is 1.03 bits per heavy atom. The summed E-state index contributed by atoms with van der Waals surface area (Å²) in [4.78, 5) is 12.4. The summed E-state index contributed by atoms with van der Waals surface area (Å²) in [5.74, 6) is -1.37. The highest BCUT2D eigenvalue weighted by Crippen LogP contribution is 2.37. The van der Waals surface area contributed by atoms with E-state index in [-0.39, 0.29) is 16.3 Å². The lowest BCUT2D eigenvalue weighted by Crippen LogP contribution is -1.98. The smallest absolute Gasteiger partial charge is 0.335 e. The van der Waals surface area contributed by atoms with Crippen LogP contribution in [0.4, 0.5) is 4.39 Å². The van der Waals surface area contributed by atoms with Crippen molar-refractivity contribution in [1.29, 1.82) is 0 Å². The Morgan fingerprint density at radius 2 is 1.80 bits per heavy atom. The summed E-state index contributed by atoms with van der Waals surface area (Å²) in [7, 11) is -3.31. The molecule has 4 aromatic rings. The zero-order valence-corrected chi connectivity index (χ0v) is 17.6. The summed E-state index contributed by atoms with van der Waals surface area (Å²) < 4.78 is 38.8. The van der Waals surface area contributed by atoms with Gasteiger partial charge in [0.15, 0.2) is 9.84 Å². The lowest BCUT2D eigenvalue weighted by atomic mass is 10.0. The third kappa shape index (κ3) is 3.99. The van der Waals surface area contributed by atoms with E-state index in [1.165, 1.54) is 29.7 Å². The molecular weight excluding hydrogens is 423 g/mol. The number of aromatic carboxylic acids is 1. The second kappa shape index (κ2) is 7.66. The van der Waals surface area contributed by atoms with Gasteiger partial charge in [0.2, 0.25) is 0 Å². The number of hydrogen-bond acceptors (Lipinski definition) is 4. The number of carbonyl (C=O) groups is 1. The summed E-state index contributed by atoms with van der Waals surface area (Å²) in [6, 6.07) is 18.1. The zero-order valence-electron chi connectivity index (χ0n) is 15.9. The van der Waals surface area contributed by atoms with Crippen LogP contribution >= 0.6 is 11.3 Å². The van der Waals surface area contributed by atoms with Crippen LogP contribution in [-0.2, 0) is 16.3 Å². The molecule has 0 aliphatic carbocycles. The van der Waals surface area contributed by atoms with E-state index in [0.29, 0.717) is 17.4 Å². The zero-order chi connectivity index (χ0) is 21.5. The first-order valence-electron chi connectivity index (χ1n) is 9.06. The Morgan fingerprint density at radius 3 is 2.53 bits per heavy atom. The molecule has 1 aromatic heterocycles. The number of rotatable bonds is 5. The van der Waals surface area contributed by atoms with Gasteiger partial charge in [-0.3, -0.25) is 0 Å². The molecule has 3 aromatic carbocycles. The van der Waals surface area contributed by atoms with Gasteiger partial charge in [-0.05, 0) is 53.1 Å². The molecule has 0 radical (unpaired) electrons. The van der Waals surface area contributed by atoms with Gasteiger partial charge in [0.05, 0.1) is 10.5 Å². The van der Waals surface area contributed by atoms with Crippen LogP contribution < -0.4 is 0 Å². The molecule has 0 amide bonds. The molecule has 0 aliphatic rings. The van der Waals surface area contributed by atoms with Crippen LogP contribution in [0.1, 0.15) is 20.8 Å². The molecule has 0 unspecified atom stereocenters. The Balaban J connectivity index is 1.78. The summed E-state index contributed by atoms with van der Waals surface area (Å²) in [5.41, 5.74) is 2.45. The quantitative estimate of drug-likeness (QED) is 0.451. The van der Waals surface area contributed by atoms with Gasteiger partial charge in [0, 0.05) is 27.6 Å². The van der Waals surface area contributed by atoms with Gasteiger partial charge in [-0.25, -0.2) is 17.6 Å². The van der Waals surface area contributed by atoms with Crippen LogP contribution in [0.2, 0.25) is 0 Å². The standard InChI is InChI=1S/C23H17FO4S2/c1-30(27,28)18-7-2-4-14(11-18)10-17-13-20-21(24)9-8-19(22(20)29-17)15-5-3-6-16(12-15)23(25)26/h2-9,11-13H,10H2,1H3,(H,25,26). The number of carboxylic acid groups (broad SMARTS) is 1. The van der Waals surface area contributed by atoms with Crippen LogP contribution in [-0.4, -0.2) is 25.7 Å². The van der Waals surface area contributed by atoms with E-state index in [1.54, 1.807) is 48.5 Å². The van der Waals surface area contributed by atoms with E-state index in [9.17, 15) is 22.7 Å². The van der Waals surface area contributed by atoms with Crippen molar-refractivity contribution < 1.29 is 22.7 Å². The van der Waals surface area contributed by atoms with Gasteiger partial charge < -0.3 is 5.11 Å². The first-order valence-corrected chi connectivity index (χ1v) is 11.8. The topological polar surface area (TPSA) is 71.4 Å². The fourth-order valence-electron chi connectivity index (χ4n) is 3.36. The lowest BCUT2D eigenvalue weighted by Gasteiger charge is -2.05. The number of sulfone groups is 1. The Hall–Kier alpha value is -3.03. The van der Waals surface area contributed by atoms with Gasteiger partial charge in [-0.15, -0.1) is 11.3 Å². The van der Waals surface area contributed by atoms with Crippen LogP contribution in [0.5, 0.6) is 0 Å². The number of carboxylic acids is 1. The molecule has 4 nitrogen and oxygen atoms in total. The van der Waals surface area contributed by atoms with Crippen LogP contribution in [0.15, 0.2) is 71.6 Å². The molecule has 7 heteroatoms. The van der Waals surface area contributed by atoms with E-state index < -0.39 is 15.8 Å². The number of thiophene rings is 1. The van der Waals surface area contributed by atoms with Crippen LogP contribution in [0, 0.1) is 5.82 Å². The molecule has 0 aliphatic heterocycles. The molecule has 0 bridgehead atoms. The molecule has 0 atom stereocenters. The van der Waals surface area contributed by atoms with Crippen LogP contribution in [0.25, 0.3) is 21.2 Å². The Labute approximate surface area is 177 Å². The molecule has 1 N–H and O–H groups in total. The van der Waals surface area contributed by atoms with E-state index >= 15 is 0 Å². The minimum absolute atomic E-state index is 0.166. The maximum atomic E-state index is 14.5. The summed E-state index contributed by atoms with van der Waals surface area (Å²) in [6.07, 6.45) is 1.63. The highest BCUT2D eigenvalue weighted by Gasteiger charge is 2.15. The molecule has 1 heterocycles. The maximum Gasteiger partial charge on any atom is 0.335 e. The van der Waals surface area contributed by atoms with Crippen molar-refractivity contribution in [2.24, 2.45) is 0 Å². The Kier molecular flexibility index (Phi) is 5.17. The molecule has 30 heavy (non-hydrogen) atoms. The molecule has 0 fully saturated rings. The van der Waals surface area contributed by atoms with Crippen molar-refractivity contribution in [2.45, 2.75) is 11.3 Å². The van der Waals surface area contributed by atoms with Gasteiger partial charge in [0.25, 0.3) is 0 Å². The van der Waals surface area contributed by atoms with Crippen molar-refractivity contribution in [3.63, 3.8) is 0 Å². The second-order valence-electron chi connectivity index (χ2n) is 7.03. The molecule has 0 spiro atoms. The van der Waals surface area contributed by atoms with Gasteiger partial charge in [0.1, 0.15) is 5.82 Å². The van der Waals surface area contributed by atoms with Crippen molar-refractivity contribution in [3.05, 3.63) is 88.6 Å². The van der Waals surface area contributed by atoms with Gasteiger partial charge in [-0.1, -0.05) is 30.3 Å². The average molecular weight is 441 g/mol. The van der Waals surface area contributed by atoms with Crippen molar-refractivity contribution in [1.82, 2.24) is 0 Å². The second-order valence-corrected chi connectivity index (χ2v) is 10.2. The fourth-order valence-corrected chi connectivity index (χ4v) is 5.29. The Bertz CT molecular complexity index is 1390. The average Bonchev–Trinajstić information content (AvgIpc) is 3.12. The lowest BCUT2D eigenvalue weighted by molar-refractivity contribution is 0.0697. The number of fused-ring (bicyclic) bond motifs is 1. The SMILES string of the molecule is CS(=O)(=O)c1cccc(Cc2cc3c(F)ccc(-c4cccc(C(=O)O)c4)c3s2)c1. The maximum absolute atomic E-state index is 14.5. The monoisotopic (exact) mass is 440 g/mol. The summed E-state index contributed by atoms with van der Waals surface area (Å²) in [6.45, 7) is 0. The third-order valence-electron chi connectivity index (χ3n) is 4.81. The summed E-state index contributed by atoms with van der Waals surface area (Å²) in [5, 5.41) is 9.73. The van der Waals surface area contributed by atoms with Crippen molar-refractivity contribution in [2.75, 3.05) is 6.26 Å². The fraction of sp³-hybridized carbons (Fsp3) is 0.0870. The first kappa shape index (κ1) is 20.3. The summed E-state index contributed by atoms with van der Waals surface area (Å²) >= 11 is 1.42. The molecule has 0 saturated carbocycles. The normalized spacial score (nSPS) is 11.7. The minimum atomic E-state index is -3.31. The highest BCUT2D eigenvalue weighted by atomic mass is 32.2. The van der Waals surface area contributed by atoms with E-state index in [0.717, 1.165) is 20.7 Å². The van der Waals surface area contributed by atoms with Crippen LogP contribution in [0.3, 0.4) is 0 Å². The highest BCUT2D eigenvalue weighted by molar-refractivity contribution is 7.90. The number of benzene rings is 3. The van der Waals surface area contributed by atoms with E-state index in [1.807, 2.05) is 6.07 Å². The van der Waals surface area contributed by atoms with E-state index in [4.69, 9.17) is 0 Å². The number of hydrogen-bond donors (Lipinski definition) is 1. The predicted molar refractivity (Wildman–Crippen MR) is 117 cm³/mol. The first-order chi connectivity index (χ1) is 14.2. The minimum Gasteiger partial charge on any atom is -0.478 e.